The topological polar surface area (TPSA) is 87.7 Å². The zero-order valence-corrected chi connectivity index (χ0v) is 20.3. The van der Waals surface area contributed by atoms with Gasteiger partial charge in [-0.15, -0.1) is 0 Å². The number of imide groups is 1. The summed E-state index contributed by atoms with van der Waals surface area (Å²) in [5.74, 6) is -0.810. The van der Waals surface area contributed by atoms with Crippen LogP contribution in [-0.4, -0.2) is 24.3 Å². The van der Waals surface area contributed by atoms with Crippen molar-refractivity contribution in [2.75, 3.05) is 22.1 Å². The van der Waals surface area contributed by atoms with Gasteiger partial charge in [0, 0.05) is 16.9 Å². The van der Waals surface area contributed by atoms with Crippen LogP contribution in [0.2, 0.25) is 0 Å². The van der Waals surface area contributed by atoms with Crippen LogP contribution in [0.25, 0.3) is 0 Å². The molecule has 0 unspecified atom stereocenters. The molecule has 8 heteroatoms. The molecule has 0 saturated carbocycles. The van der Waals surface area contributed by atoms with Gasteiger partial charge in [-0.1, -0.05) is 17.7 Å². The SMILES string of the molecule is CCOc1ccc(N2C(=O)C(Cl)=C(Nc3ccc(C(=O)Nc4cc(C)cc(C)c4)cc3)C2=O)cc1. The molecule has 3 aromatic carbocycles. The number of hydrogen-bond acceptors (Lipinski definition) is 5. The highest BCUT2D eigenvalue weighted by Crippen LogP contribution is 2.31. The van der Waals surface area contributed by atoms with Crippen molar-refractivity contribution in [3.63, 3.8) is 0 Å². The van der Waals surface area contributed by atoms with E-state index in [1.54, 1.807) is 48.5 Å². The number of carbonyl (C=O) groups excluding carboxylic acids is 3. The van der Waals surface area contributed by atoms with Gasteiger partial charge in [-0.3, -0.25) is 14.4 Å². The number of rotatable bonds is 7. The monoisotopic (exact) mass is 489 g/mol. The molecule has 178 valence electrons. The first-order valence-corrected chi connectivity index (χ1v) is 11.4. The average Bonchev–Trinajstić information content (AvgIpc) is 3.03. The molecule has 0 aromatic heterocycles. The number of amides is 3. The predicted octanol–water partition coefficient (Wildman–Crippen LogP) is 5.39. The largest absolute Gasteiger partial charge is 0.494 e. The van der Waals surface area contributed by atoms with Gasteiger partial charge in [0.2, 0.25) is 0 Å². The molecule has 2 N–H and O–H groups in total. The van der Waals surface area contributed by atoms with Crippen molar-refractivity contribution in [1.82, 2.24) is 0 Å². The van der Waals surface area contributed by atoms with Crippen LogP contribution in [0.1, 0.15) is 28.4 Å². The molecule has 0 spiro atoms. The van der Waals surface area contributed by atoms with Crippen LogP contribution in [0.15, 0.2) is 77.5 Å². The highest BCUT2D eigenvalue weighted by Gasteiger charge is 2.39. The second kappa shape index (κ2) is 10.0. The standard InChI is InChI=1S/C27H24ClN3O4/c1-4-35-22-11-9-21(10-12-22)31-26(33)23(28)24(27(31)34)29-19-7-5-18(6-8-19)25(32)30-20-14-16(2)13-17(3)15-20/h5-15,29H,4H2,1-3H3,(H,30,32). The van der Waals surface area contributed by atoms with Gasteiger partial charge < -0.3 is 15.4 Å². The Bertz CT molecular complexity index is 1310. The third-order valence-corrected chi connectivity index (χ3v) is 5.68. The van der Waals surface area contributed by atoms with E-state index in [1.807, 2.05) is 39.0 Å². The molecule has 0 fully saturated rings. The van der Waals surface area contributed by atoms with Gasteiger partial charge in [-0.25, -0.2) is 4.90 Å². The number of nitrogens with one attached hydrogen (secondary N) is 2. The summed E-state index contributed by atoms with van der Waals surface area (Å²) in [7, 11) is 0. The molecule has 0 bridgehead atoms. The molecule has 1 aliphatic rings. The fraction of sp³-hybridized carbons (Fsp3) is 0.148. The van der Waals surface area contributed by atoms with E-state index in [0.29, 0.717) is 29.3 Å². The van der Waals surface area contributed by atoms with Crippen LogP contribution in [0.5, 0.6) is 5.75 Å². The second-order valence-electron chi connectivity index (χ2n) is 8.09. The molecule has 0 atom stereocenters. The van der Waals surface area contributed by atoms with Gasteiger partial charge in [0.25, 0.3) is 17.7 Å². The van der Waals surface area contributed by atoms with Crippen LogP contribution in [0, 0.1) is 13.8 Å². The molecular weight excluding hydrogens is 466 g/mol. The minimum atomic E-state index is -0.618. The van der Waals surface area contributed by atoms with Gasteiger partial charge in [0.05, 0.1) is 12.3 Å². The van der Waals surface area contributed by atoms with Crippen LogP contribution < -0.4 is 20.3 Å². The Morgan fingerprint density at radius 1 is 0.886 bits per heavy atom. The summed E-state index contributed by atoms with van der Waals surface area (Å²) in [6.45, 7) is 6.31. The third-order valence-electron chi connectivity index (χ3n) is 5.33. The van der Waals surface area contributed by atoms with E-state index in [4.69, 9.17) is 16.3 Å². The summed E-state index contributed by atoms with van der Waals surface area (Å²) >= 11 is 6.21. The molecule has 4 rings (SSSR count). The van der Waals surface area contributed by atoms with Gasteiger partial charge in [0.1, 0.15) is 16.5 Å². The predicted molar refractivity (Wildman–Crippen MR) is 137 cm³/mol. The maximum atomic E-state index is 13.0. The summed E-state index contributed by atoms with van der Waals surface area (Å²) in [5.41, 5.74) is 4.14. The molecule has 1 aliphatic heterocycles. The van der Waals surface area contributed by atoms with E-state index in [1.165, 1.54) is 0 Å². The second-order valence-corrected chi connectivity index (χ2v) is 8.47. The molecular formula is C27H24ClN3O4. The number of benzene rings is 3. The molecule has 0 radical (unpaired) electrons. The van der Waals surface area contributed by atoms with Crippen LogP contribution in [-0.2, 0) is 9.59 Å². The molecule has 0 aliphatic carbocycles. The van der Waals surface area contributed by atoms with Crippen LogP contribution >= 0.6 is 11.6 Å². The Hall–Kier alpha value is -4.10. The lowest BCUT2D eigenvalue weighted by Gasteiger charge is -2.15. The molecule has 7 nitrogen and oxygen atoms in total. The number of ether oxygens (including phenoxy) is 1. The normalized spacial score (nSPS) is 13.3. The average molecular weight is 490 g/mol. The lowest BCUT2D eigenvalue weighted by Crippen LogP contribution is -2.32. The maximum absolute atomic E-state index is 13.0. The summed E-state index contributed by atoms with van der Waals surface area (Å²) < 4.78 is 5.40. The number of aryl methyl sites for hydroxylation is 2. The van der Waals surface area contributed by atoms with Gasteiger partial charge >= 0.3 is 0 Å². The minimum Gasteiger partial charge on any atom is -0.494 e. The van der Waals surface area contributed by atoms with Crippen LogP contribution in [0.4, 0.5) is 17.1 Å². The van der Waals surface area contributed by atoms with Crippen molar-refractivity contribution in [3.05, 3.63) is 94.1 Å². The van der Waals surface area contributed by atoms with E-state index in [-0.39, 0.29) is 16.6 Å². The molecule has 0 saturated heterocycles. The van der Waals surface area contributed by atoms with Crippen molar-refractivity contribution in [1.29, 1.82) is 0 Å². The first-order chi connectivity index (χ1) is 16.8. The number of nitrogens with zero attached hydrogens (tertiary/aromatic N) is 1. The Labute approximate surface area is 208 Å². The van der Waals surface area contributed by atoms with Crippen molar-refractivity contribution in [2.24, 2.45) is 0 Å². The van der Waals surface area contributed by atoms with E-state index < -0.39 is 11.8 Å². The van der Waals surface area contributed by atoms with Gasteiger partial charge in [0.15, 0.2) is 0 Å². The van der Waals surface area contributed by atoms with Gasteiger partial charge in [-0.05, 0) is 92.6 Å². The fourth-order valence-corrected chi connectivity index (χ4v) is 4.02. The van der Waals surface area contributed by atoms with E-state index in [0.717, 1.165) is 21.7 Å². The first kappa shape index (κ1) is 24.0. The quantitative estimate of drug-likeness (QED) is 0.434. The van der Waals surface area contributed by atoms with E-state index in [2.05, 4.69) is 10.6 Å². The number of halogens is 1. The zero-order valence-electron chi connectivity index (χ0n) is 19.5. The summed E-state index contributed by atoms with van der Waals surface area (Å²) in [6.07, 6.45) is 0. The van der Waals surface area contributed by atoms with Crippen molar-refractivity contribution < 1.29 is 19.1 Å². The number of hydrogen-bond donors (Lipinski definition) is 2. The smallest absolute Gasteiger partial charge is 0.283 e. The van der Waals surface area contributed by atoms with Crippen molar-refractivity contribution in [3.8, 4) is 5.75 Å². The third kappa shape index (κ3) is 5.20. The molecule has 3 amide bonds. The summed E-state index contributed by atoms with van der Waals surface area (Å²) in [6, 6.07) is 19.0. The Balaban J connectivity index is 1.46. The first-order valence-electron chi connectivity index (χ1n) is 11.0. The molecule has 35 heavy (non-hydrogen) atoms. The highest BCUT2D eigenvalue weighted by molar-refractivity contribution is 6.53. The number of carbonyl (C=O) groups is 3. The summed E-state index contributed by atoms with van der Waals surface area (Å²) in [5, 5.41) is 5.59. The Kier molecular flexibility index (Phi) is 6.89. The lowest BCUT2D eigenvalue weighted by molar-refractivity contribution is -0.120. The van der Waals surface area contributed by atoms with Crippen LogP contribution in [0.3, 0.4) is 0 Å². The minimum absolute atomic E-state index is 0.0296. The van der Waals surface area contributed by atoms with E-state index in [9.17, 15) is 14.4 Å². The Morgan fingerprint density at radius 2 is 1.51 bits per heavy atom. The number of anilines is 3. The maximum Gasteiger partial charge on any atom is 0.283 e. The Morgan fingerprint density at radius 3 is 2.11 bits per heavy atom. The fourth-order valence-electron chi connectivity index (χ4n) is 3.80. The molecule has 1 heterocycles. The lowest BCUT2D eigenvalue weighted by atomic mass is 10.1. The summed E-state index contributed by atoms with van der Waals surface area (Å²) in [4.78, 5) is 39.3. The van der Waals surface area contributed by atoms with E-state index >= 15 is 0 Å². The zero-order chi connectivity index (χ0) is 25.1. The van der Waals surface area contributed by atoms with Gasteiger partial charge in [-0.2, -0.15) is 0 Å². The molecule has 3 aromatic rings. The van der Waals surface area contributed by atoms with Crippen molar-refractivity contribution in [2.45, 2.75) is 20.8 Å². The van der Waals surface area contributed by atoms with Crippen molar-refractivity contribution >= 4 is 46.4 Å². The highest BCUT2D eigenvalue weighted by atomic mass is 35.5.